The number of nitrogens with zero attached hydrogens (tertiary/aromatic N) is 2. The van der Waals surface area contributed by atoms with Gasteiger partial charge in [0.1, 0.15) is 5.82 Å². The lowest BCUT2D eigenvalue weighted by Crippen LogP contribution is -2.43. The minimum absolute atomic E-state index is 0.124. The molecule has 1 aliphatic rings. The standard InChI is InChI=1S/C13H22N6O.C2H6/c1-7-12(18-9-6-4-3-5-8(9)14)19-13(16-2)10(17-7)11(15)20;1-2/h8-9H,3-6,14H2,1-2H3,(H2,15,20)(H2,16,18,19);1-2H3. The molecule has 0 spiro atoms. The summed E-state index contributed by atoms with van der Waals surface area (Å²) in [7, 11) is 1.68. The summed E-state index contributed by atoms with van der Waals surface area (Å²) in [4.78, 5) is 20.0. The van der Waals surface area contributed by atoms with E-state index in [1.165, 1.54) is 6.42 Å². The third kappa shape index (κ3) is 4.30. The first-order valence-corrected chi connectivity index (χ1v) is 7.91. The molecule has 0 saturated heterocycles. The van der Waals surface area contributed by atoms with Crippen LogP contribution in [0.5, 0.6) is 0 Å². The number of nitrogens with one attached hydrogen (secondary N) is 2. The van der Waals surface area contributed by atoms with Gasteiger partial charge in [0.2, 0.25) is 0 Å². The summed E-state index contributed by atoms with van der Waals surface area (Å²) in [5.74, 6) is 0.447. The molecule has 2 unspecified atom stereocenters. The van der Waals surface area contributed by atoms with E-state index in [0.717, 1.165) is 19.3 Å². The third-order valence-corrected chi connectivity index (χ3v) is 3.68. The van der Waals surface area contributed by atoms with E-state index in [9.17, 15) is 4.79 Å². The normalized spacial score (nSPS) is 20.6. The summed E-state index contributed by atoms with van der Waals surface area (Å²) in [5, 5.41) is 6.20. The van der Waals surface area contributed by atoms with Crippen molar-refractivity contribution in [1.29, 1.82) is 0 Å². The van der Waals surface area contributed by atoms with Crippen molar-refractivity contribution < 1.29 is 4.79 Å². The topological polar surface area (TPSA) is 119 Å². The van der Waals surface area contributed by atoms with Gasteiger partial charge in [0.05, 0.1) is 5.69 Å². The van der Waals surface area contributed by atoms with Crippen LogP contribution in [-0.4, -0.2) is 35.0 Å². The van der Waals surface area contributed by atoms with Crippen molar-refractivity contribution in [2.75, 3.05) is 17.7 Å². The number of aryl methyl sites for hydroxylation is 1. The number of hydrogen-bond acceptors (Lipinski definition) is 6. The van der Waals surface area contributed by atoms with Crippen LogP contribution < -0.4 is 22.1 Å². The third-order valence-electron chi connectivity index (χ3n) is 3.68. The number of nitrogens with two attached hydrogens (primary N) is 2. The molecule has 0 aliphatic heterocycles. The Hall–Kier alpha value is -1.89. The van der Waals surface area contributed by atoms with E-state index in [2.05, 4.69) is 20.6 Å². The lowest BCUT2D eigenvalue weighted by molar-refractivity contribution is 0.0996. The molecule has 1 fully saturated rings. The lowest BCUT2D eigenvalue weighted by Gasteiger charge is -2.30. The first-order valence-electron chi connectivity index (χ1n) is 7.91. The number of carbonyl (C=O) groups is 1. The van der Waals surface area contributed by atoms with Crippen LogP contribution >= 0.6 is 0 Å². The molecule has 6 N–H and O–H groups in total. The molecule has 1 aromatic heterocycles. The lowest BCUT2D eigenvalue weighted by atomic mass is 9.91. The fourth-order valence-electron chi connectivity index (χ4n) is 2.52. The van der Waals surface area contributed by atoms with Crippen LogP contribution in [0.1, 0.15) is 55.7 Å². The summed E-state index contributed by atoms with van der Waals surface area (Å²) in [6.07, 6.45) is 4.37. The Labute approximate surface area is 132 Å². The molecule has 1 aromatic rings. The number of amides is 1. The van der Waals surface area contributed by atoms with E-state index in [4.69, 9.17) is 11.5 Å². The first kappa shape index (κ1) is 18.2. The Morgan fingerprint density at radius 2 is 1.82 bits per heavy atom. The monoisotopic (exact) mass is 308 g/mol. The van der Waals surface area contributed by atoms with Crippen LogP contribution in [0.3, 0.4) is 0 Å². The number of hydrogen-bond donors (Lipinski definition) is 4. The quantitative estimate of drug-likeness (QED) is 0.671. The summed E-state index contributed by atoms with van der Waals surface area (Å²) in [6, 6.07) is 0.319. The van der Waals surface area contributed by atoms with E-state index in [1.807, 2.05) is 13.8 Å². The molecule has 0 aromatic carbocycles. The minimum atomic E-state index is -0.592. The first-order chi connectivity index (χ1) is 10.5. The Morgan fingerprint density at radius 1 is 1.18 bits per heavy atom. The molecule has 1 saturated carbocycles. The Bertz CT molecular complexity index is 505. The van der Waals surface area contributed by atoms with E-state index >= 15 is 0 Å². The molecule has 7 heteroatoms. The average Bonchev–Trinajstić information content (AvgIpc) is 2.52. The maximum atomic E-state index is 11.3. The van der Waals surface area contributed by atoms with E-state index < -0.39 is 5.91 Å². The second-order valence-electron chi connectivity index (χ2n) is 5.17. The van der Waals surface area contributed by atoms with Crippen molar-refractivity contribution in [2.45, 2.75) is 58.5 Å². The Morgan fingerprint density at radius 3 is 2.36 bits per heavy atom. The molecule has 22 heavy (non-hydrogen) atoms. The highest BCUT2D eigenvalue weighted by Gasteiger charge is 2.23. The van der Waals surface area contributed by atoms with Crippen molar-refractivity contribution in [2.24, 2.45) is 11.5 Å². The summed E-state index contributed by atoms with van der Waals surface area (Å²) in [6.45, 7) is 5.80. The molecule has 7 nitrogen and oxygen atoms in total. The van der Waals surface area contributed by atoms with Gasteiger partial charge in [0.15, 0.2) is 11.5 Å². The van der Waals surface area contributed by atoms with Crippen molar-refractivity contribution in [3.05, 3.63) is 11.4 Å². The van der Waals surface area contributed by atoms with Crippen LogP contribution in [0.25, 0.3) is 0 Å². The molecule has 1 heterocycles. The van der Waals surface area contributed by atoms with E-state index in [1.54, 1.807) is 14.0 Å². The van der Waals surface area contributed by atoms with Gasteiger partial charge in [0, 0.05) is 19.1 Å². The maximum Gasteiger partial charge on any atom is 0.271 e. The molecule has 0 radical (unpaired) electrons. The van der Waals surface area contributed by atoms with Gasteiger partial charge in [-0.05, 0) is 19.8 Å². The van der Waals surface area contributed by atoms with Crippen LogP contribution in [-0.2, 0) is 0 Å². The molecular formula is C15H28N6O. The van der Waals surface area contributed by atoms with Crippen LogP contribution in [0.4, 0.5) is 11.6 Å². The number of anilines is 2. The van der Waals surface area contributed by atoms with Gasteiger partial charge in [-0.3, -0.25) is 4.79 Å². The Balaban J connectivity index is 0.00000116. The van der Waals surface area contributed by atoms with Crippen molar-refractivity contribution in [1.82, 2.24) is 9.97 Å². The molecule has 1 aliphatic carbocycles. The molecule has 0 bridgehead atoms. The van der Waals surface area contributed by atoms with Gasteiger partial charge in [0.25, 0.3) is 5.91 Å². The van der Waals surface area contributed by atoms with Gasteiger partial charge in [-0.1, -0.05) is 26.7 Å². The Kier molecular flexibility index (Phi) is 7.04. The van der Waals surface area contributed by atoms with Crippen molar-refractivity contribution in [3.63, 3.8) is 0 Å². The average molecular weight is 308 g/mol. The number of carbonyl (C=O) groups excluding carboxylic acids is 1. The summed E-state index contributed by atoms with van der Waals surface area (Å²) in [5.41, 5.74) is 12.2. The highest BCUT2D eigenvalue weighted by atomic mass is 16.1. The fourth-order valence-corrected chi connectivity index (χ4v) is 2.52. The van der Waals surface area contributed by atoms with Crippen LogP contribution in [0.15, 0.2) is 0 Å². The number of rotatable bonds is 4. The highest BCUT2D eigenvalue weighted by Crippen LogP contribution is 2.23. The predicted octanol–water partition coefficient (Wildman–Crippen LogP) is 1.63. The summed E-state index contributed by atoms with van der Waals surface area (Å²) >= 11 is 0. The second kappa shape index (κ2) is 8.53. The molecule has 2 atom stereocenters. The van der Waals surface area contributed by atoms with Gasteiger partial charge in [-0.2, -0.15) is 0 Å². The maximum absolute atomic E-state index is 11.3. The van der Waals surface area contributed by atoms with Gasteiger partial charge < -0.3 is 22.1 Å². The van der Waals surface area contributed by atoms with Gasteiger partial charge >= 0.3 is 0 Å². The summed E-state index contributed by atoms with van der Waals surface area (Å²) < 4.78 is 0. The van der Waals surface area contributed by atoms with Crippen molar-refractivity contribution >= 4 is 17.5 Å². The largest absolute Gasteiger partial charge is 0.371 e. The van der Waals surface area contributed by atoms with Crippen LogP contribution in [0.2, 0.25) is 0 Å². The number of primary amides is 1. The second-order valence-corrected chi connectivity index (χ2v) is 5.17. The number of aromatic nitrogens is 2. The van der Waals surface area contributed by atoms with Gasteiger partial charge in [-0.15, -0.1) is 0 Å². The zero-order valence-electron chi connectivity index (χ0n) is 13.9. The van der Waals surface area contributed by atoms with E-state index in [-0.39, 0.29) is 17.8 Å². The van der Waals surface area contributed by atoms with E-state index in [0.29, 0.717) is 17.3 Å². The van der Waals surface area contributed by atoms with Crippen LogP contribution in [0, 0.1) is 6.92 Å². The molecular weight excluding hydrogens is 280 g/mol. The minimum Gasteiger partial charge on any atom is -0.371 e. The molecule has 2 rings (SSSR count). The highest BCUT2D eigenvalue weighted by molar-refractivity contribution is 5.95. The van der Waals surface area contributed by atoms with Crippen molar-refractivity contribution in [3.8, 4) is 0 Å². The van der Waals surface area contributed by atoms with Gasteiger partial charge in [-0.25, -0.2) is 9.97 Å². The smallest absolute Gasteiger partial charge is 0.271 e. The zero-order valence-corrected chi connectivity index (χ0v) is 13.9. The predicted molar refractivity (Wildman–Crippen MR) is 90.0 cm³/mol. The SMILES string of the molecule is CC.CNc1nc(NC2CCCCC2N)c(C)nc1C(N)=O. The fraction of sp³-hybridized carbons (Fsp3) is 0.667. The molecule has 124 valence electrons. The molecule has 1 amide bonds. The zero-order chi connectivity index (χ0) is 16.7.